The Labute approximate surface area is 114 Å². The fourth-order valence-corrected chi connectivity index (χ4v) is 2.10. The Morgan fingerprint density at radius 3 is 2.37 bits per heavy atom. The van der Waals surface area contributed by atoms with Gasteiger partial charge in [-0.15, -0.1) is 0 Å². The van der Waals surface area contributed by atoms with E-state index in [2.05, 4.69) is 0 Å². The van der Waals surface area contributed by atoms with Gasteiger partial charge in [0, 0.05) is 12.7 Å². The fourth-order valence-electron chi connectivity index (χ4n) is 2.10. The van der Waals surface area contributed by atoms with Crippen molar-refractivity contribution in [2.24, 2.45) is 5.41 Å². The number of carbonyl (C=O) groups excluding carboxylic acids is 1. The molecule has 0 aliphatic carbocycles. The lowest BCUT2D eigenvalue weighted by atomic mass is 9.87. The standard InChI is InChI=1S/C15H21NO3/c1-10-6-7-11(2)12(8-10)16(5)14(19)15(3,4)9-13(17)18/h6-8H,9H2,1-5H3,(H,17,18). The first kappa shape index (κ1) is 15.2. The van der Waals surface area contributed by atoms with E-state index in [9.17, 15) is 9.59 Å². The van der Waals surface area contributed by atoms with E-state index in [4.69, 9.17) is 5.11 Å². The maximum absolute atomic E-state index is 12.4. The average Bonchev–Trinajstić information content (AvgIpc) is 2.28. The zero-order chi connectivity index (χ0) is 14.8. The van der Waals surface area contributed by atoms with Gasteiger partial charge in [-0.3, -0.25) is 9.59 Å². The van der Waals surface area contributed by atoms with Crippen molar-refractivity contribution < 1.29 is 14.7 Å². The van der Waals surface area contributed by atoms with Crippen LogP contribution in [0.25, 0.3) is 0 Å². The normalized spacial score (nSPS) is 11.2. The number of rotatable bonds is 4. The highest BCUT2D eigenvalue weighted by atomic mass is 16.4. The SMILES string of the molecule is Cc1ccc(C)c(N(C)C(=O)C(C)(C)CC(=O)O)c1. The molecule has 4 nitrogen and oxygen atoms in total. The lowest BCUT2D eigenvalue weighted by molar-refractivity contribution is -0.143. The van der Waals surface area contributed by atoms with Gasteiger partial charge < -0.3 is 10.0 Å². The molecule has 0 aliphatic rings. The maximum atomic E-state index is 12.4. The van der Waals surface area contributed by atoms with Crippen LogP contribution in [0.3, 0.4) is 0 Å². The molecule has 0 heterocycles. The van der Waals surface area contributed by atoms with E-state index < -0.39 is 11.4 Å². The number of carboxylic acid groups (broad SMARTS) is 1. The molecule has 0 fully saturated rings. The van der Waals surface area contributed by atoms with Crippen LogP contribution in [0, 0.1) is 19.3 Å². The van der Waals surface area contributed by atoms with E-state index in [1.54, 1.807) is 25.8 Å². The fraction of sp³-hybridized carbons (Fsp3) is 0.467. The second-order valence-electron chi connectivity index (χ2n) is 5.61. The molecule has 104 valence electrons. The molecule has 1 aromatic carbocycles. The smallest absolute Gasteiger partial charge is 0.304 e. The third-order valence-corrected chi connectivity index (χ3v) is 3.20. The van der Waals surface area contributed by atoms with Gasteiger partial charge in [0.05, 0.1) is 11.8 Å². The predicted molar refractivity (Wildman–Crippen MR) is 75.4 cm³/mol. The number of aliphatic carboxylic acids is 1. The largest absolute Gasteiger partial charge is 0.481 e. The van der Waals surface area contributed by atoms with E-state index in [-0.39, 0.29) is 12.3 Å². The van der Waals surface area contributed by atoms with Crippen molar-refractivity contribution >= 4 is 17.6 Å². The third kappa shape index (κ3) is 3.56. The summed E-state index contributed by atoms with van der Waals surface area (Å²) in [6, 6.07) is 5.88. The van der Waals surface area contributed by atoms with Gasteiger partial charge in [-0.25, -0.2) is 0 Å². The summed E-state index contributed by atoms with van der Waals surface area (Å²) < 4.78 is 0. The zero-order valence-electron chi connectivity index (χ0n) is 12.2. The quantitative estimate of drug-likeness (QED) is 0.908. The molecule has 1 rings (SSSR count). The number of hydrogen-bond acceptors (Lipinski definition) is 2. The number of hydrogen-bond donors (Lipinski definition) is 1. The highest BCUT2D eigenvalue weighted by molar-refractivity contribution is 5.99. The van der Waals surface area contributed by atoms with Gasteiger partial charge in [-0.05, 0) is 31.0 Å². The van der Waals surface area contributed by atoms with Crippen molar-refractivity contribution in [3.63, 3.8) is 0 Å². The topological polar surface area (TPSA) is 57.6 Å². The molecule has 19 heavy (non-hydrogen) atoms. The first-order chi connectivity index (χ1) is 8.65. The van der Waals surface area contributed by atoms with E-state index in [1.807, 2.05) is 32.0 Å². The second kappa shape index (κ2) is 5.43. The van der Waals surface area contributed by atoms with Crippen molar-refractivity contribution in [3.05, 3.63) is 29.3 Å². The van der Waals surface area contributed by atoms with Gasteiger partial charge in [-0.1, -0.05) is 26.0 Å². The highest BCUT2D eigenvalue weighted by Crippen LogP contribution is 2.28. The molecule has 0 spiro atoms. The summed E-state index contributed by atoms with van der Waals surface area (Å²) in [5, 5.41) is 8.88. The Morgan fingerprint density at radius 2 is 1.84 bits per heavy atom. The first-order valence-electron chi connectivity index (χ1n) is 6.22. The molecule has 0 aliphatic heterocycles. The number of anilines is 1. The number of nitrogens with zero attached hydrogens (tertiary/aromatic N) is 1. The van der Waals surface area contributed by atoms with Crippen LogP contribution in [0.4, 0.5) is 5.69 Å². The van der Waals surface area contributed by atoms with Crippen LogP contribution in [0.2, 0.25) is 0 Å². The van der Waals surface area contributed by atoms with Crippen molar-refractivity contribution in [1.82, 2.24) is 0 Å². The second-order valence-corrected chi connectivity index (χ2v) is 5.61. The highest BCUT2D eigenvalue weighted by Gasteiger charge is 2.33. The molecular weight excluding hydrogens is 242 g/mol. The number of aryl methyl sites for hydroxylation is 2. The van der Waals surface area contributed by atoms with Gasteiger partial charge in [0.1, 0.15) is 0 Å². The summed E-state index contributed by atoms with van der Waals surface area (Å²) in [6.45, 7) is 7.21. The van der Waals surface area contributed by atoms with Crippen molar-refractivity contribution in [1.29, 1.82) is 0 Å². The van der Waals surface area contributed by atoms with E-state index >= 15 is 0 Å². The molecule has 0 saturated carbocycles. The van der Waals surface area contributed by atoms with Crippen LogP contribution in [0.5, 0.6) is 0 Å². The summed E-state index contributed by atoms with van der Waals surface area (Å²) in [5.41, 5.74) is 1.96. The van der Waals surface area contributed by atoms with Gasteiger partial charge in [0.2, 0.25) is 5.91 Å². The first-order valence-corrected chi connectivity index (χ1v) is 6.22. The molecule has 0 atom stereocenters. The summed E-state index contributed by atoms with van der Waals surface area (Å²) >= 11 is 0. The Kier molecular flexibility index (Phi) is 4.35. The molecule has 1 N–H and O–H groups in total. The van der Waals surface area contributed by atoms with Gasteiger partial charge in [-0.2, -0.15) is 0 Å². The van der Waals surface area contributed by atoms with E-state index in [0.717, 1.165) is 16.8 Å². The molecule has 0 aromatic heterocycles. The molecule has 0 bridgehead atoms. The van der Waals surface area contributed by atoms with Crippen LogP contribution < -0.4 is 4.90 Å². The van der Waals surface area contributed by atoms with Crippen LogP contribution >= 0.6 is 0 Å². The molecule has 0 saturated heterocycles. The minimum absolute atomic E-state index is 0.180. The molecule has 0 radical (unpaired) electrons. The monoisotopic (exact) mass is 263 g/mol. The summed E-state index contributed by atoms with van der Waals surface area (Å²) in [4.78, 5) is 24.8. The van der Waals surface area contributed by atoms with Crippen LogP contribution in [0.15, 0.2) is 18.2 Å². The summed E-state index contributed by atoms with van der Waals surface area (Å²) in [6.07, 6.45) is -0.180. The Hall–Kier alpha value is -1.84. The number of amides is 1. The molecule has 1 aromatic rings. The van der Waals surface area contributed by atoms with Crippen LogP contribution in [-0.4, -0.2) is 24.0 Å². The van der Waals surface area contributed by atoms with Gasteiger partial charge >= 0.3 is 5.97 Å². The maximum Gasteiger partial charge on any atom is 0.304 e. The Balaban J connectivity index is 3.05. The molecule has 4 heteroatoms. The molecule has 1 amide bonds. The Bertz CT molecular complexity index is 506. The lowest BCUT2D eigenvalue weighted by Crippen LogP contribution is -2.40. The van der Waals surface area contributed by atoms with Gasteiger partial charge in [0.25, 0.3) is 0 Å². The van der Waals surface area contributed by atoms with Crippen molar-refractivity contribution in [3.8, 4) is 0 Å². The number of carbonyl (C=O) groups is 2. The predicted octanol–water partition coefficient (Wildman–Crippen LogP) is 2.77. The van der Waals surface area contributed by atoms with E-state index in [0.29, 0.717) is 0 Å². The van der Waals surface area contributed by atoms with Crippen LogP contribution in [0.1, 0.15) is 31.4 Å². The third-order valence-electron chi connectivity index (χ3n) is 3.20. The van der Waals surface area contributed by atoms with Gasteiger partial charge in [0.15, 0.2) is 0 Å². The molecule has 0 unspecified atom stereocenters. The minimum atomic E-state index is -0.965. The summed E-state index contributed by atoms with van der Waals surface area (Å²) in [5.74, 6) is -1.16. The average molecular weight is 263 g/mol. The Morgan fingerprint density at radius 1 is 1.26 bits per heavy atom. The van der Waals surface area contributed by atoms with E-state index in [1.165, 1.54) is 0 Å². The van der Waals surface area contributed by atoms with Crippen molar-refractivity contribution in [2.45, 2.75) is 34.1 Å². The van der Waals surface area contributed by atoms with Crippen molar-refractivity contribution in [2.75, 3.05) is 11.9 Å². The van der Waals surface area contributed by atoms with Crippen LogP contribution in [-0.2, 0) is 9.59 Å². The number of benzene rings is 1. The number of carboxylic acids is 1. The molecular formula is C15H21NO3. The zero-order valence-corrected chi connectivity index (χ0v) is 12.2. The summed E-state index contributed by atoms with van der Waals surface area (Å²) in [7, 11) is 1.69. The minimum Gasteiger partial charge on any atom is -0.481 e. The lowest BCUT2D eigenvalue weighted by Gasteiger charge is -2.29.